The second-order valence-electron chi connectivity index (χ2n) is 4.43. The summed E-state index contributed by atoms with van der Waals surface area (Å²) in [7, 11) is 0. The third-order valence-electron chi connectivity index (χ3n) is 3.31. The molecule has 1 aliphatic rings. The van der Waals surface area contributed by atoms with Gasteiger partial charge in [0, 0.05) is 0 Å². The van der Waals surface area contributed by atoms with Crippen LogP contribution in [0.5, 0.6) is 0 Å². The van der Waals surface area contributed by atoms with Gasteiger partial charge in [-0.2, -0.15) is 0 Å². The summed E-state index contributed by atoms with van der Waals surface area (Å²) in [6.07, 6.45) is 6.26. The molecule has 0 bridgehead atoms. The van der Waals surface area contributed by atoms with E-state index in [2.05, 4.69) is 26.2 Å². The third-order valence-corrected chi connectivity index (χ3v) is 5.09. The van der Waals surface area contributed by atoms with Gasteiger partial charge in [0.2, 0.25) is 5.91 Å². The van der Waals surface area contributed by atoms with Crippen LogP contribution in [0.1, 0.15) is 32.1 Å². The number of anilines is 1. The summed E-state index contributed by atoms with van der Waals surface area (Å²) in [5.41, 5.74) is 5.12. The number of thiocarbonyl (C=S) groups is 1. The van der Waals surface area contributed by atoms with Crippen LogP contribution in [0.3, 0.4) is 0 Å². The van der Waals surface area contributed by atoms with Gasteiger partial charge in [-0.15, -0.1) is 0 Å². The molecule has 1 saturated carbocycles. The summed E-state index contributed by atoms with van der Waals surface area (Å²) in [6.45, 7) is 0. The number of hydrogen-bond donors (Lipinski definition) is 2. The van der Waals surface area contributed by atoms with E-state index >= 15 is 0 Å². The van der Waals surface area contributed by atoms with Gasteiger partial charge in [0.25, 0.3) is 0 Å². The molecule has 1 heterocycles. The first kappa shape index (κ1) is 13.9. The summed E-state index contributed by atoms with van der Waals surface area (Å²) in [5.74, 6) is -0.114. The van der Waals surface area contributed by atoms with Crippen LogP contribution in [0.15, 0.2) is 9.98 Å². The quantitative estimate of drug-likeness (QED) is 0.824. The van der Waals surface area contributed by atoms with Crippen LogP contribution in [0.2, 0.25) is 0 Å². The molecule has 0 saturated heterocycles. The van der Waals surface area contributed by atoms with E-state index in [-0.39, 0.29) is 5.91 Å². The van der Waals surface area contributed by atoms with Gasteiger partial charge >= 0.3 is 0 Å². The molecule has 3 N–H and O–H groups in total. The number of hydrogen-bond acceptors (Lipinski definition) is 4. The highest BCUT2D eigenvalue weighted by molar-refractivity contribution is 9.11. The topological polar surface area (TPSA) is 68.0 Å². The van der Waals surface area contributed by atoms with Crippen molar-refractivity contribution in [1.82, 2.24) is 4.98 Å². The minimum absolute atomic E-state index is 0.114. The van der Waals surface area contributed by atoms with Crippen molar-refractivity contribution in [2.24, 2.45) is 11.1 Å². The maximum Gasteiger partial charge on any atom is 0.239 e. The fourth-order valence-electron chi connectivity index (χ4n) is 2.27. The van der Waals surface area contributed by atoms with E-state index in [1.165, 1.54) is 11.3 Å². The van der Waals surface area contributed by atoms with Crippen molar-refractivity contribution in [2.45, 2.75) is 32.1 Å². The SMILES string of the molecule is NC(=S)C1(C(=O)Nc2ncc(Br)s2)CCCCC1. The molecule has 0 aliphatic heterocycles. The fourth-order valence-corrected chi connectivity index (χ4v) is 3.67. The van der Waals surface area contributed by atoms with E-state index in [0.717, 1.165) is 35.9 Å². The molecule has 4 nitrogen and oxygen atoms in total. The zero-order chi connectivity index (χ0) is 13.2. The van der Waals surface area contributed by atoms with E-state index in [4.69, 9.17) is 18.0 Å². The molecule has 1 aromatic rings. The Hall–Kier alpha value is -0.530. The highest BCUT2D eigenvalue weighted by Crippen LogP contribution is 2.38. The molecule has 0 radical (unpaired) electrons. The highest BCUT2D eigenvalue weighted by Gasteiger charge is 2.42. The molecular weight excluding hydrogens is 334 g/mol. The Labute approximate surface area is 123 Å². The van der Waals surface area contributed by atoms with E-state index in [1.54, 1.807) is 6.20 Å². The van der Waals surface area contributed by atoms with Gasteiger partial charge in [-0.3, -0.25) is 4.79 Å². The molecule has 0 atom stereocenters. The number of nitrogens with zero attached hydrogens (tertiary/aromatic N) is 1. The molecule has 0 aromatic carbocycles. The summed E-state index contributed by atoms with van der Waals surface area (Å²) < 4.78 is 0.880. The van der Waals surface area contributed by atoms with Crippen molar-refractivity contribution in [3.8, 4) is 0 Å². The second kappa shape index (κ2) is 5.63. The third kappa shape index (κ3) is 2.73. The van der Waals surface area contributed by atoms with Crippen LogP contribution < -0.4 is 11.1 Å². The molecule has 1 amide bonds. The van der Waals surface area contributed by atoms with Gasteiger partial charge in [-0.1, -0.05) is 42.8 Å². The van der Waals surface area contributed by atoms with Gasteiger partial charge in [0.05, 0.1) is 20.4 Å². The lowest BCUT2D eigenvalue weighted by atomic mass is 9.73. The number of amides is 1. The predicted molar refractivity (Wildman–Crippen MR) is 80.7 cm³/mol. The van der Waals surface area contributed by atoms with Crippen LogP contribution in [0.25, 0.3) is 0 Å². The smallest absolute Gasteiger partial charge is 0.239 e. The van der Waals surface area contributed by atoms with Crippen LogP contribution in [-0.2, 0) is 4.79 Å². The fraction of sp³-hybridized carbons (Fsp3) is 0.545. The van der Waals surface area contributed by atoms with E-state index < -0.39 is 5.41 Å². The van der Waals surface area contributed by atoms with Gasteiger partial charge in [-0.25, -0.2) is 4.98 Å². The van der Waals surface area contributed by atoms with Crippen molar-refractivity contribution in [3.63, 3.8) is 0 Å². The lowest BCUT2D eigenvalue weighted by Crippen LogP contribution is -2.47. The van der Waals surface area contributed by atoms with Crippen molar-refractivity contribution in [3.05, 3.63) is 9.98 Å². The average molecular weight is 348 g/mol. The van der Waals surface area contributed by atoms with Crippen LogP contribution >= 0.6 is 39.5 Å². The lowest BCUT2D eigenvalue weighted by molar-refractivity contribution is -0.123. The minimum Gasteiger partial charge on any atom is -0.392 e. The molecule has 0 unspecified atom stereocenters. The second-order valence-corrected chi connectivity index (χ2v) is 7.28. The Morgan fingerprint density at radius 1 is 1.50 bits per heavy atom. The maximum absolute atomic E-state index is 12.4. The van der Waals surface area contributed by atoms with Crippen molar-refractivity contribution in [2.75, 3.05) is 5.32 Å². The Kier molecular flexibility index (Phi) is 4.34. The summed E-state index contributed by atoms with van der Waals surface area (Å²) >= 11 is 9.81. The minimum atomic E-state index is -0.689. The first-order chi connectivity index (χ1) is 8.54. The van der Waals surface area contributed by atoms with Gasteiger partial charge in [-0.05, 0) is 28.8 Å². The van der Waals surface area contributed by atoms with Crippen LogP contribution in [0, 0.1) is 5.41 Å². The van der Waals surface area contributed by atoms with Crippen LogP contribution in [-0.4, -0.2) is 15.9 Å². The molecule has 18 heavy (non-hydrogen) atoms. The molecule has 98 valence electrons. The number of nitrogens with two attached hydrogens (primary N) is 1. The van der Waals surface area contributed by atoms with Crippen molar-refractivity contribution in [1.29, 1.82) is 0 Å². The number of halogens is 1. The standard InChI is InChI=1S/C11H14BrN3OS2/c12-7-6-14-10(18-7)15-9(16)11(8(13)17)4-2-1-3-5-11/h6H,1-5H2,(H2,13,17)(H,14,15,16). The van der Waals surface area contributed by atoms with E-state index in [1.807, 2.05) is 0 Å². The number of thiazole rings is 1. The number of nitrogens with one attached hydrogen (secondary N) is 1. The average Bonchev–Trinajstić information content (AvgIpc) is 2.75. The number of carbonyl (C=O) groups excluding carboxylic acids is 1. The predicted octanol–water partition coefficient (Wildman–Crippen LogP) is 3.08. The number of carbonyl (C=O) groups is 1. The molecule has 1 aliphatic carbocycles. The summed E-state index contributed by atoms with van der Waals surface area (Å²) in [6, 6.07) is 0. The first-order valence-electron chi connectivity index (χ1n) is 5.77. The summed E-state index contributed by atoms with van der Waals surface area (Å²) in [5, 5.41) is 3.40. The maximum atomic E-state index is 12.4. The van der Waals surface area contributed by atoms with Gasteiger partial charge in [0.1, 0.15) is 0 Å². The highest BCUT2D eigenvalue weighted by atomic mass is 79.9. The lowest BCUT2D eigenvalue weighted by Gasteiger charge is -2.34. The Morgan fingerprint density at radius 2 is 2.17 bits per heavy atom. The largest absolute Gasteiger partial charge is 0.392 e. The molecule has 1 fully saturated rings. The van der Waals surface area contributed by atoms with Crippen LogP contribution in [0.4, 0.5) is 5.13 Å². The van der Waals surface area contributed by atoms with E-state index in [0.29, 0.717) is 10.1 Å². The molecule has 7 heteroatoms. The molecule has 0 spiro atoms. The van der Waals surface area contributed by atoms with E-state index in [9.17, 15) is 4.79 Å². The normalized spacial score (nSPS) is 18.3. The van der Waals surface area contributed by atoms with Gasteiger partial charge in [0.15, 0.2) is 5.13 Å². The monoisotopic (exact) mass is 347 g/mol. The zero-order valence-corrected chi connectivity index (χ0v) is 13.0. The molecular formula is C11H14BrN3OS2. The Bertz CT molecular complexity index is 469. The number of rotatable bonds is 3. The Balaban J connectivity index is 2.16. The zero-order valence-electron chi connectivity index (χ0n) is 9.74. The van der Waals surface area contributed by atoms with Gasteiger partial charge < -0.3 is 11.1 Å². The first-order valence-corrected chi connectivity index (χ1v) is 7.79. The van der Waals surface area contributed by atoms with Crippen molar-refractivity contribution < 1.29 is 4.79 Å². The number of aromatic nitrogens is 1. The molecule has 2 rings (SSSR count). The Morgan fingerprint density at radius 3 is 2.67 bits per heavy atom. The van der Waals surface area contributed by atoms with Crippen molar-refractivity contribution >= 4 is 55.5 Å². The molecule has 1 aromatic heterocycles. The summed E-state index contributed by atoms with van der Waals surface area (Å²) in [4.78, 5) is 16.8.